The summed E-state index contributed by atoms with van der Waals surface area (Å²) < 4.78 is 0. The third kappa shape index (κ3) is 4.83. The molecule has 0 atom stereocenters. The number of fused-ring (bicyclic) bond motifs is 1. The van der Waals surface area contributed by atoms with Crippen LogP contribution in [0.3, 0.4) is 0 Å². The van der Waals surface area contributed by atoms with E-state index in [1.54, 1.807) is 0 Å². The van der Waals surface area contributed by atoms with E-state index >= 15 is 0 Å². The van der Waals surface area contributed by atoms with Gasteiger partial charge >= 0.3 is 39.3 Å². The van der Waals surface area contributed by atoms with E-state index in [-0.39, 0.29) is 11.8 Å². The molecule has 0 aliphatic heterocycles. The van der Waals surface area contributed by atoms with Gasteiger partial charge in [-0.3, -0.25) is 0 Å². The van der Waals surface area contributed by atoms with Crippen LogP contribution in [0.25, 0.3) is 0 Å². The molecule has 3 aliphatic carbocycles. The van der Waals surface area contributed by atoms with Gasteiger partial charge in [0.15, 0.2) is 0 Å². The van der Waals surface area contributed by atoms with E-state index in [1.807, 2.05) is 0 Å². The van der Waals surface area contributed by atoms with Gasteiger partial charge in [0.05, 0.1) is 34.6 Å². The number of halogens is 2. The average molecular weight is 659 g/mol. The molecule has 2 nitrogen and oxygen atoms in total. The number of hydrogen-bond donors (Lipinski definition) is 0. The van der Waals surface area contributed by atoms with E-state index in [1.165, 1.54) is 55.4 Å². The van der Waals surface area contributed by atoms with Crippen LogP contribution in [-0.2, 0) is 10.9 Å². The summed E-state index contributed by atoms with van der Waals surface area (Å²) in [6.07, 6.45) is 0. The Kier molecular flexibility index (Phi) is 7.95. The SMILES string of the molecule is Cc1cccc(C)c1N=C1C(=Nc2c(C)cccc2C)C2c3ccccc3C1c1ccccc12.[Br][Ni][Br]. The molecule has 2 bridgehead atoms. The zero-order chi connectivity index (χ0) is 26.1. The second kappa shape index (κ2) is 11.2. The molecule has 0 amide bonds. The van der Waals surface area contributed by atoms with Crippen molar-refractivity contribution in [3.63, 3.8) is 0 Å². The number of aryl methyl sites for hydroxylation is 4. The number of nitrogens with zero attached hydrogens (tertiary/aromatic N) is 2. The van der Waals surface area contributed by atoms with Crippen molar-refractivity contribution >= 4 is 51.2 Å². The minimum atomic E-state index is 0.0829. The predicted octanol–water partition coefficient (Wildman–Crippen LogP) is 9.75. The quantitative estimate of drug-likeness (QED) is 0.192. The third-order valence-corrected chi connectivity index (χ3v) is 7.39. The molecule has 37 heavy (non-hydrogen) atoms. The van der Waals surface area contributed by atoms with E-state index in [0.29, 0.717) is 0 Å². The zero-order valence-electron chi connectivity index (χ0n) is 21.2. The molecule has 4 aromatic rings. The number of benzene rings is 4. The molecule has 0 radical (unpaired) electrons. The Morgan fingerprint density at radius 1 is 0.486 bits per heavy atom. The summed E-state index contributed by atoms with van der Waals surface area (Å²) in [7, 11) is 1.25. The molecular formula is C32H28Br2N2Ni. The van der Waals surface area contributed by atoms with E-state index in [0.717, 1.165) is 22.8 Å². The first-order chi connectivity index (χ1) is 18.0. The summed E-state index contributed by atoms with van der Waals surface area (Å²) in [5.74, 6) is 0.166. The Balaban J connectivity index is 0.000000892. The topological polar surface area (TPSA) is 24.7 Å². The van der Waals surface area contributed by atoms with Crippen LogP contribution in [0.15, 0.2) is 94.9 Å². The molecule has 7 rings (SSSR count). The van der Waals surface area contributed by atoms with Gasteiger partial charge in [-0.2, -0.15) is 0 Å². The molecule has 5 heteroatoms. The van der Waals surface area contributed by atoms with Gasteiger partial charge in [-0.15, -0.1) is 0 Å². The van der Waals surface area contributed by atoms with Gasteiger partial charge in [-0.05, 0) is 72.2 Å². The van der Waals surface area contributed by atoms with Crippen LogP contribution in [0, 0.1) is 27.7 Å². The fraction of sp³-hybridized carbons (Fsp3) is 0.188. The molecule has 4 aromatic carbocycles. The molecule has 0 saturated heterocycles. The van der Waals surface area contributed by atoms with Crippen LogP contribution in [0.2, 0.25) is 0 Å². The number of aliphatic imine (C=N–C) groups is 2. The Bertz CT molecular complexity index is 1340. The molecule has 0 aromatic heterocycles. The Morgan fingerprint density at radius 3 is 1.03 bits per heavy atom. The fourth-order valence-electron chi connectivity index (χ4n) is 5.74. The summed E-state index contributed by atoms with van der Waals surface area (Å²) in [5, 5.41) is 0. The second-order valence-electron chi connectivity index (χ2n) is 9.64. The number of rotatable bonds is 2. The minimum absolute atomic E-state index is 0.0829. The van der Waals surface area contributed by atoms with Crippen molar-refractivity contribution in [2.45, 2.75) is 39.5 Å². The molecule has 0 N–H and O–H groups in total. The van der Waals surface area contributed by atoms with Crippen LogP contribution in [0.4, 0.5) is 11.4 Å². The van der Waals surface area contributed by atoms with Crippen molar-refractivity contribution in [1.29, 1.82) is 0 Å². The van der Waals surface area contributed by atoms with Crippen LogP contribution in [-0.4, -0.2) is 11.4 Å². The number of hydrogen-bond acceptors (Lipinski definition) is 2. The Morgan fingerprint density at radius 2 is 0.757 bits per heavy atom. The summed E-state index contributed by atoms with van der Waals surface area (Å²) in [5.41, 5.74) is 14.5. The summed E-state index contributed by atoms with van der Waals surface area (Å²) in [6.45, 7) is 8.60. The first kappa shape index (κ1) is 26.3. The summed E-state index contributed by atoms with van der Waals surface area (Å²) in [6, 6.07) is 30.5. The third-order valence-electron chi connectivity index (χ3n) is 7.39. The van der Waals surface area contributed by atoms with Crippen molar-refractivity contribution < 1.29 is 10.9 Å². The van der Waals surface area contributed by atoms with E-state index in [9.17, 15) is 0 Å². The van der Waals surface area contributed by atoms with Gasteiger partial charge in [-0.1, -0.05) is 84.9 Å². The van der Waals surface area contributed by atoms with Crippen molar-refractivity contribution in [1.82, 2.24) is 0 Å². The van der Waals surface area contributed by atoms with Crippen LogP contribution >= 0.6 is 28.5 Å². The van der Waals surface area contributed by atoms with E-state index in [2.05, 4.69) is 141 Å². The van der Waals surface area contributed by atoms with Gasteiger partial charge < -0.3 is 0 Å². The van der Waals surface area contributed by atoms with Gasteiger partial charge in [-0.25, -0.2) is 9.98 Å². The molecular weight excluding hydrogens is 631 g/mol. The molecule has 0 saturated carbocycles. The van der Waals surface area contributed by atoms with Crippen LogP contribution in [0.5, 0.6) is 0 Å². The predicted molar refractivity (Wildman–Crippen MR) is 160 cm³/mol. The van der Waals surface area contributed by atoms with Gasteiger partial charge in [0.25, 0.3) is 0 Å². The first-order valence-electron chi connectivity index (χ1n) is 12.3. The average Bonchev–Trinajstić information content (AvgIpc) is 2.89. The Hall–Kier alpha value is -2.33. The molecule has 0 unspecified atom stereocenters. The Labute approximate surface area is 239 Å². The zero-order valence-corrected chi connectivity index (χ0v) is 25.4. The van der Waals surface area contributed by atoms with Crippen molar-refractivity contribution in [2.75, 3.05) is 0 Å². The summed E-state index contributed by atoms with van der Waals surface area (Å²) >= 11 is 6.00. The molecule has 0 fully saturated rings. The van der Waals surface area contributed by atoms with Crippen molar-refractivity contribution in [3.8, 4) is 0 Å². The van der Waals surface area contributed by atoms with Crippen LogP contribution in [0.1, 0.15) is 56.3 Å². The summed E-state index contributed by atoms with van der Waals surface area (Å²) in [4.78, 5) is 10.8. The van der Waals surface area contributed by atoms with Crippen LogP contribution < -0.4 is 0 Å². The monoisotopic (exact) mass is 656 g/mol. The maximum atomic E-state index is 5.42. The molecule has 0 heterocycles. The molecule has 3 aliphatic rings. The van der Waals surface area contributed by atoms with Crippen molar-refractivity contribution in [2.24, 2.45) is 9.98 Å². The number of para-hydroxylation sites is 2. The van der Waals surface area contributed by atoms with Crippen molar-refractivity contribution in [3.05, 3.63) is 129 Å². The van der Waals surface area contributed by atoms with Gasteiger partial charge in [0.2, 0.25) is 0 Å². The second-order valence-corrected chi connectivity index (χ2v) is 14.6. The van der Waals surface area contributed by atoms with E-state index < -0.39 is 0 Å². The maximum absolute atomic E-state index is 5.42. The molecule has 190 valence electrons. The molecule has 0 spiro atoms. The fourth-order valence-corrected chi connectivity index (χ4v) is 5.74. The van der Waals surface area contributed by atoms with Gasteiger partial charge in [0.1, 0.15) is 0 Å². The van der Waals surface area contributed by atoms with Gasteiger partial charge in [0, 0.05) is 0 Å². The van der Waals surface area contributed by atoms with E-state index in [4.69, 9.17) is 9.98 Å². The standard InChI is InChI=1S/C32H28N2.2BrH.Ni/c1-19-11-9-12-20(2)29(19)33-31-27-23-15-5-7-17-25(23)28(26-18-8-6-16-24(26)27)32(31)34-30-21(3)13-10-14-22(30)4;;;/h5-18,27-28H,1-4H3;2*1H;/q;;;+2/p-2. The normalized spacial score (nSPS) is 19.4. The first-order valence-corrected chi connectivity index (χ1v) is 17.1.